The molecule has 11 nitrogen and oxygen atoms in total. The van der Waals surface area contributed by atoms with Gasteiger partial charge in [0.05, 0.1) is 45.7 Å². The topological polar surface area (TPSA) is 150 Å². The van der Waals surface area contributed by atoms with Gasteiger partial charge in [0.2, 0.25) is 11.8 Å². The molecule has 0 aromatic heterocycles. The predicted molar refractivity (Wildman–Crippen MR) is 116 cm³/mol. The van der Waals surface area contributed by atoms with Gasteiger partial charge in [-0.2, -0.15) is 0 Å². The molecule has 5 N–H and O–H groups in total. The first-order valence-corrected chi connectivity index (χ1v) is 10.7. The van der Waals surface area contributed by atoms with Gasteiger partial charge in [0.25, 0.3) is 0 Å². The average Bonchev–Trinajstić information content (AvgIpc) is 2.74. The van der Waals surface area contributed by atoms with Gasteiger partial charge in [-0.25, -0.2) is 0 Å². The van der Waals surface area contributed by atoms with E-state index >= 15 is 0 Å². The zero-order chi connectivity index (χ0) is 23.2. The lowest BCUT2D eigenvalue weighted by atomic mass is 10.1. The van der Waals surface area contributed by atoms with Crippen molar-refractivity contribution in [1.82, 2.24) is 16.0 Å². The van der Waals surface area contributed by atoms with Gasteiger partial charge in [-0.3, -0.25) is 14.4 Å². The van der Waals surface area contributed by atoms with Crippen molar-refractivity contribution in [2.45, 2.75) is 32.2 Å². The lowest BCUT2D eigenvalue weighted by Crippen LogP contribution is -2.33. The average molecular weight is 449 g/mol. The molecule has 0 heterocycles. The third-order valence-corrected chi connectivity index (χ3v) is 4.12. The molecule has 0 bridgehead atoms. The van der Waals surface area contributed by atoms with E-state index in [4.69, 9.17) is 24.7 Å². The largest absolute Gasteiger partial charge is 0.378 e. The SMILES string of the molecule is CN[C@@H](CCCCNC(=O)COCCOCCNC(=O)COCCOCCN)C(C)=O. The quantitative estimate of drug-likeness (QED) is 0.146. The summed E-state index contributed by atoms with van der Waals surface area (Å²) in [5.74, 6) is -0.283. The Bertz CT molecular complexity index is 480. The van der Waals surface area contributed by atoms with Crippen molar-refractivity contribution in [1.29, 1.82) is 0 Å². The minimum Gasteiger partial charge on any atom is -0.378 e. The number of nitrogens with two attached hydrogens (primary N) is 1. The molecule has 0 aliphatic rings. The van der Waals surface area contributed by atoms with Crippen LogP contribution in [-0.4, -0.2) is 103 Å². The highest BCUT2D eigenvalue weighted by Crippen LogP contribution is 2.01. The van der Waals surface area contributed by atoms with Crippen LogP contribution in [0.25, 0.3) is 0 Å². The van der Waals surface area contributed by atoms with Crippen LogP contribution in [0.4, 0.5) is 0 Å². The fourth-order valence-electron chi connectivity index (χ4n) is 2.47. The first-order chi connectivity index (χ1) is 15.0. The molecule has 0 saturated carbocycles. The molecule has 0 rings (SSSR count). The maximum absolute atomic E-state index is 11.7. The molecule has 2 amide bonds. The molecule has 182 valence electrons. The van der Waals surface area contributed by atoms with Crippen molar-refractivity contribution in [2.24, 2.45) is 5.73 Å². The number of likely N-dealkylation sites (N-methyl/N-ethyl adjacent to an activating group) is 1. The summed E-state index contributed by atoms with van der Waals surface area (Å²) in [6, 6.07) is -0.118. The summed E-state index contributed by atoms with van der Waals surface area (Å²) in [5.41, 5.74) is 5.28. The molecule has 0 aliphatic heterocycles. The van der Waals surface area contributed by atoms with E-state index < -0.39 is 0 Å². The zero-order valence-electron chi connectivity index (χ0n) is 18.9. The van der Waals surface area contributed by atoms with Crippen LogP contribution in [0.2, 0.25) is 0 Å². The Morgan fingerprint density at radius 1 is 0.774 bits per heavy atom. The van der Waals surface area contributed by atoms with Gasteiger partial charge in [-0.05, 0) is 33.2 Å². The highest BCUT2D eigenvalue weighted by molar-refractivity contribution is 5.81. The summed E-state index contributed by atoms with van der Waals surface area (Å²) in [7, 11) is 1.77. The Balaban J connectivity index is 3.38. The number of hydrogen-bond acceptors (Lipinski definition) is 9. The summed E-state index contributed by atoms with van der Waals surface area (Å²) < 4.78 is 20.8. The third-order valence-electron chi connectivity index (χ3n) is 4.12. The highest BCUT2D eigenvalue weighted by atomic mass is 16.5. The van der Waals surface area contributed by atoms with Crippen molar-refractivity contribution < 1.29 is 33.3 Å². The molecule has 0 spiro atoms. The number of carbonyl (C=O) groups excluding carboxylic acids is 3. The Labute approximate surface area is 185 Å². The molecule has 0 saturated heterocycles. The summed E-state index contributed by atoms with van der Waals surface area (Å²) >= 11 is 0. The zero-order valence-corrected chi connectivity index (χ0v) is 18.9. The van der Waals surface area contributed by atoms with E-state index in [1.807, 2.05) is 0 Å². The number of carbonyl (C=O) groups is 3. The number of amides is 2. The third kappa shape index (κ3) is 20.0. The van der Waals surface area contributed by atoms with E-state index in [1.165, 1.54) is 0 Å². The van der Waals surface area contributed by atoms with Crippen LogP contribution in [0, 0.1) is 0 Å². The number of rotatable bonds is 22. The number of ether oxygens (including phenoxy) is 4. The molecular formula is C20H40N4O7. The van der Waals surface area contributed by atoms with Crippen LogP contribution in [0.5, 0.6) is 0 Å². The normalized spacial score (nSPS) is 11.8. The predicted octanol–water partition coefficient (Wildman–Crippen LogP) is -1.41. The molecule has 0 unspecified atom stereocenters. The number of nitrogens with one attached hydrogen (secondary N) is 3. The Hall–Kier alpha value is -1.63. The number of hydrogen-bond donors (Lipinski definition) is 4. The van der Waals surface area contributed by atoms with Gasteiger partial charge >= 0.3 is 0 Å². The van der Waals surface area contributed by atoms with Crippen molar-refractivity contribution in [2.75, 3.05) is 79.5 Å². The summed E-state index contributed by atoms with van der Waals surface area (Å²) in [6.07, 6.45) is 2.41. The summed E-state index contributed by atoms with van der Waals surface area (Å²) in [4.78, 5) is 34.5. The standard InChI is InChI=1S/C20H40N4O7/c1-17(25)18(22-2)5-3-4-7-23-19(26)15-31-14-12-29-10-8-24-20(27)16-30-13-11-28-9-6-21/h18,22H,3-16,21H2,1-2H3,(H,23,26)(H,24,27)/t18-/m0/s1. The maximum atomic E-state index is 11.7. The fourth-order valence-corrected chi connectivity index (χ4v) is 2.47. The second-order valence-electron chi connectivity index (χ2n) is 6.77. The first-order valence-electron chi connectivity index (χ1n) is 10.7. The van der Waals surface area contributed by atoms with E-state index in [2.05, 4.69) is 16.0 Å². The molecule has 0 aromatic carbocycles. The van der Waals surface area contributed by atoms with Crippen molar-refractivity contribution in [3.8, 4) is 0 Å². The molecule has 0 fully saturated rings. The van der Waals surface area contributed by atoms with Crippen molar-refractivity contribution in [3.05, 3.63) is 0 Å². The van der Waals surface area contributed by atoms with E-state index in [9.17, 15) is 14.4 Å². The maximum Gasteiger partial charge on any atom is 0.246 e. The number of Topliss-reactive ketones (excluding diaryl/α,β-unsaturated/α-hetero) is 1. The monoisotopic (exact) mass is 448 g/mol. The molecule has 0 aliphatic carbocycles. The summed E-state index contributed by atoms with van der Waals surface area (Å²) in [5, 5.41) is 8.41. The molecule has 11 heteroatoms. The molecule has 0 radical (unpaired) electrons. The van der Waals surface area contributed by atoms with Crippen LogP contribution in [-0.2, 0) is 33.3 Å². The number of ketones is 1. The van der Waals surface area contributed by atoms with Gasteiger partial charge in [0, 0.05) is 19.6 Å². The van der Waals surface area contributed by atoms with Gasteiger partial charge in [-0.1, -0.05) is 0 Å². The number of unbranched alkanes of at least 4 members (excludes halogenated alkanes) is 1. The van der Waals surface area contributed by atoms with Crippen LogP contribution in [0.1, 0.15) is 26.2 Å². The van der Waals surface area contributed by atoms with Gasteiger partial charge in [0.15, 0.2) is 0 Å². The smallest absolute Gasteiger partial charge is 0.246 e. The minimum absolute atomic E-state index is 0.0288. The van der Waals surface area contributed by atoms with E-state index in [1.54, 1.807) is 14.0 Å². The van der Waals surface area contributed by atoms with Crippen LogP contribution >= 0.6 is 0 Å². The molecule has 1 atom stereocenters. The van der Waals surface area contributed by atoms with Gasteiger partial charge < -0.3 is 40.6 Å². The Kier molecular flexibility index (Phi) is 20.5. The van der Waals surface area contributed by atoms with Crippen LogP contribution in [0.3, 0.4) is 0 Å². The molecular weight excluding hydrogens is 408 g/mol. The Morgan fingerprint density at radius 2 is 1.32 bits per heavy atom. The molecule has 31 heavy (non-hydrogen) atoms. The lowest BCUT2D eigenvalue weighted by Gasteiger charge is -2.12. The van der Waals surface area contributed by atoms with Crippen LogP contribution in [0.15, 0.2) is 0 Å². The van der Waals surface area contributed by atoms with E-state index in [0.717, 1.165) is 19.3 Å². The fraction of sp³-hybridized carbons (Fsp3) is 0.850. The second-order valence-corrected chi connectivity index (χ2v) is 6.77. The van der Waals surface area contributed by atoms with E-state index in [0.29, 0.717) is 52.7 Å². The summed E-state index contributed by atoms with van der Waals surface area (Å²) in [6.45, 7) is 5.06. The molecule has 0 aromatic rings. The Morgan fingerprint density at radius 3 is 1.87 bits per heavy atom. The van der Waals surface area contributed by atoms with Crippen molar-refractivity contribution in [3.63, 3.8) is 0 Å². The van der Waals surface area contributed by atoms with Gasteiger partial charge in [-0.15, -0.1) is 0 Å². The second kappa shape index (κ2) is 21.6. The first kappa shape index (κ1) is 29.4. The van der Waals surface area contributed by atoms with Crippen LogP contribution < -0.4 is 21.7 Å². The van der Waals surface area contributed by atoms with Crippen molar-refractivity contribution >= 4 is 17.6 Å². The lowest BCUT2D eigenvalue weighted by molar-refractivity contribution is -0.127. The van der Waals surface area contributed by atoms with Gasteiger partial charge in [0.1, 0.15) is 19.0 Å². The minimum atomic E-state index is -0.224. The van der Waals surface area contributed by atoms with E-state index in [-0.39, 0.29) is 43.5 Å². The highest BCUT2D eigenvalue weighted by Gasteiger charge is 2.10.